The summed E-state index contributed by atoms with van der Waals surface area (Å²) in [5.74, 6) is 1.52. The highest BCUT2D eigenvalue weighted by Crippen LogP contribution is 2.31. The van der Waals surface area contributed by atoms with Crippen LogP contribution < -0.4 is 10.1 Å². The summed E-state index contributed by atoms with van der Waals surface area (Å²) in [6, 6.07) is 11.9. The van der Waals surface area contributed by atoms with Crippen LogP contribution in [0.4, 0.5) is 0 Å². The van der Waals surface area contributed by atoms with Gasteiger partial charge in [0.15, 0.2) is 0 Å². The van der Waals surface area contributed by atoms with Crippen LogP contribution in [0.5, 0.6) is 5.75 Å². The van der Waals surface area contributed by atoms with E-state index < -0.39 is 0 Å². The van der Waals surface area contributed by atoms with Crippen molar-refractivity contribution in [1.82, 2.24) is 15.2 Å². The van der Waals surface area contributed by atoms with E-state index in [0.29, 0.717) is 18.3 Å². The lowest BCUT2D eigenvalue weighted by Crippen LogP contribution is -2.41. The molecule has 1 fully saturated rings. The second kappa shape index (κ2) is 11.3. The number of aliphatic hydroxyl groups excluding tert-OH is 1. The first-order chi connectivity index (χ1) is 15.0. The molecular weight excluding hydrogens is 390 g/mol. The Labute approximate surface area is 185 Å². The Bertz CT molecular complexity index is 833. The molecule has 1 aromatic carbocycles. The molecule has 6 heteroatoms. The van der Waals surface area contributed by atoms with Gasteiger partial charge in [0.25, 0.3) is 0 Å². The van der Waals surface area contributed by atoms with Crippen molar-refractivity contribution in [3.8, 4) is 5.75 Å². The number of methoxy groups -OCH3 is 1. The number of aliphatic hydroxyl groups is 1. The van der Waals surface area contributed by atoms with Crippen LogP contribution in [0.3, 0.4) is 0 Å². The average molecular weight is 426 g/mol. The molecular formula is C25H35N3O3. The second-order valence-electron chi connectivity index (χ2n) is 8.82. The number of aromatic nitrogens is 1. The molecule has 0 radical (unpaired) electrons. The topological polar surface area (TPSA) is 74.7 Å². The van der Waals surface area contributed by atoms with E-state index in [1.165, 1.54) is 5.56 Å². The van der Waals surface area contributed by atoms with Crippen molar-refractivity contribution in [2.45, 2.75) is 52.3 Å². The lowest BCUT2D eigenvalue weighted by atomic mass is 9.87. The van der Waals surface area contributed by atoms with Crippen molar-refractivity contribution in [2.24, 2.45) is 11.8 Å². The maximum Gasteiger partial charge on any atom is 0.220 e. The fourth-order valence-corrected chi connectivity index (χ4v) is 4.35. The smallest absolute Gasteiger partial charge is 0.220 e. The maximum absolute atomic E-state index is 12.5. The fraction of sp³-hybridized carbons (Fsp3) is 0.520. The first-order valence-electron chi connectivity index (χ1n) is 11.2. The highest BCUT2D eigenvalue weighted by Gasteiger charge is 2.30. The number of hydrogen-bond acceptors (Lipinski definition) is 5. The summed E-state index contributed by atoms with van der Waals surface area (Å²) < 4.78 is 5.31. The number of carbonyl (C=O) groups excluding carboxylic acids is 1. The SMILES string of the molecule is COc1ccc(CN2CCC(C(NC(=O)CC(C)C)c3ccccn3)CC2)cc1CO. The van der Waals surface area contributed by atoms with Crippen molar-refractivity contribution >= 4 is 5.91 Å². The third kappa shape index (κ3) is 6.52. The molecule has 1 unspecified atom stereocenters. The summed E-state index contributed by atoms with van der Waals surface area (Å²) in [6.07, 6.45) is 4.35. The molecule has 2 N–H and O–H groups in total. The Balaban J connectivity index is 1.63. The van der Waals surface area contributed by atoms with E-state index in [4.69, 9.17) is 4.74 Å². The minimum atomic E-state index is -0.0448. The molecule has 1 amide bonds. The van der Waals surface area contributed by atoms with Crippen LogP contribution in [0.15, 0.2) is 42.6 Å². The van der Waals surface area contributed by atoms with E-state index in [2.05, 4.69) is 35.1 Å². The minimum Gasteiger partial charge on any atom is -0.496 e. The molecule has 6 nitrogen and oxygen atoms in total. The van der Waals surface area contributed by atoms with Gasteiger partial charge in [-0.1, -0.05) is 26.0 Å². The molecule has 0 saturated carbocycles. The molecule has 0 aliphatic carbocycles. The third-order valence-electron chi connectivity index (χ3n) is 5.94. The molecule has 1 atom stereocenters. The predicted molar refractivity (Wildman–Crippen MR) is 121 cm³/mol. The number of pyridine rings is 1. The molecule has 3 rings (SSSR count). The number of amides is 1. The zero-order chi connectivity index (χ0) is 22.2. The van der Waals surface area contributed by atoms with Gasteiger partial charge in [0, 0.05) is 24.7 Å². The Morgan fingerprint density at radius 2 is 2.03 bits per heavy atom. The first-order valence-corrected chi connectivity index (χ1v) is 11.2. The summed E-state index contributed by atoms with van der Waals surface area (Å²) in [4.78, 5) is 19.5. The summed E-state index contributed by atoms with van der Waals surface area (Å²) in [5.41, 5.74) is 2.94. The van der Waals surface area contributed by atoms with Crippen LogP contribution in [0.2, 0.25) is 0 Å². The lowest BCUT2D eigenvalue weighted by Gasteiger charge is -2.36. The normalized spacial score (nSPS) is 16.3. The largest absolute Gasteiger partial charge is 0.496 e. The van der Waals surface area contributed by atoms with Crippen LogP contribution in [0.25, 0.3) is 0 Å². The predicted octanol–water partition coefficient (Wildman–Crippen LogP) is 3.70. The fourth-order valence-electron chi connectivity index (χ4n) is 4.35. The van der Waals surface area contributed by atoms with Gasteiger partial charge >= 0.3 is 0 Å². The van der Waals surface area contributed by atoms with Crippen LogP contribution in [0.1, 0.15) is 56.0 Å². The van der Waals surface area contributed by atoms with Crippen LogP contribution in [-0.2, 0) is 17.9 Å². The van der Waals surface area contributed by atoms with E-state index in [1.807, 2.05) is 30.3 Å². The molecule has 1 aliphatic heterocycles. The number of hydrogen-bond donors (Lipinski definition) is 2. The molecule has 1 saturated heterocycles. The van der Waals surface area contributed by atoms with Gasteiger partial charge < -0.3 is 15.2 Å². The standard InChI is InChI=1S/C25H35N3O3/c1-18(2)14-24(30)27-25(22-6-4-5-11-26-22)20-9-12-28(13-10-20)16-19-7-8-23(31-3)21(15-19)17-29/h4-8,11,15,18,20,25,29H,9-10,12-14,16-17H2,1-3H3,(H,27,30). The van der Waals surface area contributed by atoms with Gasteiger partial charge in [-0.3, -0.25) is 14.7 Å². The van der Waals surface area contributed by atoms with E-state index in [9.17, 15) is 9.90 Å². The Kier molecular flexibility index (Phi) is 8.43. The lowest BCUT2D eigenvalue weighted by molar-refractivity contribution is -0.123. The monoisotopic (exact) mass is 425 g/mol. The van der Waals surface area contributed by atoms with Crippen molar-refractivity contribution in [2.75, 3.05) is 20.2 Å². The number of nitrogens with zero attached hydrogens (tertiary/aromatic N) is 2. The van der Waals surface area contributed by atoms with Crippen LogP contribution in [-0.4, -0.2) is 41.1 Å². The summed E-state index contributed by atoms with van der Waals surface area (Å²) in [7, 11) is 1.62. The van der Waals surface area contributed by atoms with E-state index >= 15 is 0 Å². The molecule has 2 heterocycles. The zero-order valence-electron chi connectivity index (χ0n) is 18.9. The number of rotatable bonds is 9. The summed E-state index contributed by atoms with van der Waals surface area (Å²) >= 11 is 0. The van der Waals surface area contributed by atoms with Crippen LogP contribution >= 0.6 is 0 Å². The number of carbonyl (C=O) groups is 1. The quantitative estimate of drug-likeness (QED) is 0.641. The van der Waals surface area contributed by atoms with Crippen molar-refractivity contribution < 1.29 is 14.6 Å². The highest BCUT2D eigenvalue weighted by atomic mass is 16.5. The molecule has 0 spiro atoms. The molecule has 168 valence electrons. The number of ether oxygens (including phenoxy) is 1. The van der Waals surface area contributed by atoms with Crippen LogP contribution in [0, 0.1) is 11.8 Å². The van der Waals surface area contributed by atoms with E-state index in [0.717, 1.165) is 49.5 Å². The first kappa shape index (κ1) is 23.2. The zero-order valence-corrected chi connectivity index (χ0v) is 18.9. The van der Waals surface area contributed by atoms with Gasteiger partial charge in [0.1, 0.15) is 5.75 Å². The Hall–Kier alpha value is -2.44. The third-order valence-corrected chi connectivity index (χ3v) is 5.94. The summed E-state index contributed by atoms with van der Waals surface area (Å²) in [5, 5.41) is 12.8. The van der Waals surface area contributed by atoms with Gasteiger partial charge in [-0.25, -0.2) is 0 Å². The van der Waals surface area contributed by atoms with Crippen molar-refractivity contribution in [1.29, 1.82) is 0 Å². The van der Waals surface area contributed by atoms with E-state index in [-0.39, 0.29) is 18.6 Å². The van der Waals surface area contributed by atoms with Gasteiger partial charge in [-0.15, -0.1) is 0 Å². The number of piperidine rings is 1. The maximum atomic E-state index is 12.5. The minimum absolute atomic E-state index is 0.0269. The Morgan fingerprint density at radius 3 is 2.65 bits per heavy atom. The molecule has 31 heavy (non-hydrogen) atoms. The number of benzene rings is 1. The summed E-state index contributed by atoms with van der Waals surface area (Å²) in [6.45, 7) is 6.88. The second-order valence-corrected chi connectivity index (χ2v) is 8.82. The van der Waals surface area contributed by atoms with E-state index in [1.54, 1.807) is 13.3 Å². The number of likely N-dealkylation sites (tertiary alicyclic amines) is 1. The van der Waals surface area contributed by atoms with Gasteiger partial charge in [-0.2, -0.15) is 0 Å². The van der Waals surface area contributed by atoms with Gasteiger partial charge in [0.05, 0.1) is 25.5 Å². The van der Waals surface area contributed by atoms with Crippen molar-refractivity contribution in [3.05, 3.63) is 59.4 Å². The van der Waals surface area contributed by atoms with Crippen molar-refractivity contribution in [3.63, 3.8) is 0 Å². The molecule has 1 aromatic heterocycles. The van der Waals surface area contributed by atoms with Gasteiger partial charge in [0.2, 0.25) is 5.91 Å². The molecule has 1 aliphatic rings. The van der Waals surface area contributed by atoms with Gasteiger partial charge in [-0.05, 0) is 67.6 Å². The molecule has 0 bridgehead atoms. The highest BCUT2D eigenvalue weighted by molar-refractivity contribution is 5.76. The number of nitrogens with one attached hydrogen (secondary N) is 1. The molecule has 2 aromatic rings. The Morgan fingerprint density at radius 1 is 1.26 bits per heavy atom. The average Bonchev–Trinajstić information content (AvgIpc) is 2.78.